The van der Waals surface area contributed by atoms with Gasteiger partial charge in [-0.05, 0) is 62.9 Å². The van der Waals surface area contributed by atoms with Crippen molar-refractivity contribution in [2.45, 2.75) is 51.7 Å². The highest BCUT2D eigenvalue weighted by atomic mass is 32.2. The lowest BCUT2D eigenvalue weighted by molar-refractivity contribution is -0.146. The first-order chi connectivity index (χ1) is 13.5. The Morgan fingerprint density at radius 1 is 1.24 bits per heavy atom. The van der Waals surface area contributed by atoms with E-state index in [0.717, 1.165) is 16.7 Å². The molecule has 0 aliphatic carbocycles. The number of carboxylic acid groups (broad SMARTS) is 1. The van der Waals surface area contributed by atoms with E-state index in [2.05, 4.69) is 0 Å². The molecule has 29 heavy (non-hydrogen) atoms. The first kappa shape index (κ1) is 21.3. The highest BCUT2D eigenvalue weighted by Crippen LogP contribution is 2.32. The largest absolute Gasteiger partial charge is 0.488 e. The molecule has 0 aromatic heterocycles. The number of para-hydroxylation sites is 1. The minimum absolute atomic E-state index is 0.171. The fourth-order valence-corrected chi connectivity index (χ4v) is 5.08. The molecule has 0 amide bonds. The number of aryl methyl sites for hydroxylation is 1. The van der Waals surface area contributed by atoms with Crippen LogP contribution < -0.4 is 4.74 Å². The van der Waals surface area contributed by atoms with Crippen LogP contribution in [0, 0.1) is 12.3 Å². The van der Waals surface area contributed by atoms with Crippen molar-refractivity contribution >= 4 is 16.0 Å². The third-order valence-electron chi connectivity index (χ3n) is 5.24. The fourth-order valence-electron chi connectivity index (χ4n) is 3.47. The minimum atomic E-state index is -3.71. The summed E-state index contributed by atoms with van der Waals surface area (Å²) < 4.78 is 33.8. The molecule has 1 N–H and O–H groups in total. The van der Waals surface area contributed by atoms with Gasteiger partial charge in [-0.1, -0.05) is 30.3 Å². The van der Waals surface area contributed by atoms with Crippen LogP contribution in [0.15, 0.2) is 47.4 Å². The smallest absolute Gasteiger partial charge is 0.309 e. The Labute approximate surface area is 172 Å². The molecule has 0 fully saturated rings. The van der Waals surface area contributed by atoms with Gasteiger partial charge in [-0.3, -0.25) is 4.79 Å². The summed E-state index contributed by atoms with van der Waals surface area (Å²) in [6, 6.07) is 12.4. The SMILES string of the molecule is Cc1ccc(CC(C)(C)C(=O)O)cc1CN1C[C@@H](C)Oc2ccccc2S1(=O)=O. The molecule has 0 unspecified atom stereocenters. The van der Waals surface area contributed by atoms with E-state index in [9.17, 15) is 18.3 Å². The summed E-state index contributed by atoms with van der Waals surface area (Å²) in [5.41, 5.74) is 1.79. The summed E-state index contributed by atoms with van der Waals surface area (Å²) in [5, 5.41) is 9.41. The number of carboxylic acids is 1. The zero-order valence-electron chi connectivity index (χ0n) is 17.2. The second-order valence-corrected chi connectivity index (χ2v) is 10.2. The average molecular weight is 418 g/mol. The highest BCUT2D eigenvalue weighted by molar-refractivity contribution is 7.89. The van der Waals surface area contributed by atoms with Gasteiger partial charge in [-0.25, -0.2) is 8.42 Å². The van der Waals surface area contributed by atoms with Crippen LogP contribution in [0.25, 0.3) is 0 Å². The van der Waals surface area contributed by atoms with Gasteiger partial charge in [0.25, 0.3) is 0 Å². The molecule has 1 aliphatic heterocycles. The minimum Gasteiger partial charge on any atom is -0.488 e. The Morgan fingerprint density at radius 2 is 1.93 bits per heavy atom. The molecule has 7 heteroatoms. The van der Waals surface area contributed by atoms with Gasteiger partial charge in [0.15, 0.2) is 0 Å². The van der Waals surface area contributed by atoms with E-state index >= 15 is 0 Å². The number of aliphatic carboxylic acids is 1. The quantitative estimate of drug-likeness (QED) is 0.803. The molecule has 0 spiro atoms. The van der Waals surface area contributed by atoms with Gasteiger partial charge in [-0.15, -0.1) is 0 Å². The molecule has 3 rings (SSSR count). The topological polar surface area (TPSA) is 83.9 Å². The Balaban J connectivity index is 1.95. The van der Waals surface area contributed by atoms with Gasteiger partial charge >= 0.3 is 5.97 Å². The molecular formula is C22H27NO5S. The molecule has 0 bridgehead atoms. The first-order valence-corrected chi connectivity index (χ1v) is 11.0. The molecule has 6 nitrogen and oxygen atoms in total. The number of fused-ring (bicyclic) bond motifs is 1. The molecule has 0 radical (unpaired) electrons. The molecule has 0 saturated carbocycles. The van der Waals surface area contributed by atoms with E-state index in [4.69, 9.17) is 4.74 Å². The van der Waals surface area contributed by atoms with Crippen molar-refractivity contribution in [3.63, 3.8) is 0 Å². The molecule has 0 saturated heterocycles. The van der Waals surface area contributed by atoms with Crippen molar-refractivity contribution in [2.24, 2.45) is 5.41 Å². The maximum atomic E-state index is 13.3. The van der Waals surface area contributed by atoms with E-state index in [-0.39, 0.29) is 24.1 Å². The third-order valence-corrected chi connectivity index (χ3v) is 7.09. The average Bonchev–Trinajstić information content (AvgIpc) is 2.72. The van der Waals surface area contributed by atoms with Gasteiger partial charge in [0.05, 0.1) is 12.0 Å². The van der Waals surface area contributed by atoms with Crippen LogP contribution in [0.2, 0.25) is 0 Å². The Morgan fingerprint density at radius 3 is 2.62 bits per heavy atom. The van der Waals surface area contributed by atoms with Crippen LogP contribution in [-0.4, -0.2) is 36.4 Å². The molecule has 2 aromatic carbocycles. The van der Waals surface area contributed by atoms with Crippen LogP contribution >= 0.6 is 0 Å². The normalized spacial score (nSPS) is 19.1. The number of sulfonamides is 1. The maximum absolute atomic E-state index is 13.3. The molecule has 2 aromatic rings. The van der Waals surface area contributed by atoms with Gasteiger partial charge in [0.2, 0.25) is 10.0 Å². The summed E-state index contributed by atoms with van der Waals surface area (Å²) in [6.07, 6.45) is 0.0768. The zero-order valence-corrected chi connectivity index (χ0v) is 18.0. The zero-order chi connectivity index (χ0) is 21.4. The van der Waals surface area contributed by atoms with Crippen LogP contribution in [0.4, 0.5) is 0 Å². The van der Waals surface area contributed by atoms with Crippen molar-refractivity contribution < 1.29 is 23.1 Å². The molecule has 156 valence electrons. The number of hydrogen-bond donors (Lipinski definition) is 1. The van der Waals surface area contributed by atoms with Gasteiger partial charge in [0, 0.05) is 6.54 Å². The van der Waals surface area contributed by atoms with Crippen molar-refractivity contribution in [3.05, 3.63) is 59.2 Å². The predicted molar refractivity (Wildman–Crippen MR) is 110 cm³/mol. The van der Waals surface area contributed by atoms with Crippen LogP contribution in [0.3, 0.4) is 0 Å². The molecule has 1 heterocycles. The van der Waals surface area contributed by atoms with E-state index < -0.39 is 21.4 Å². The second-order valence-electron chi connectivity index (χ2n) is 8.30. The Kier molecular flexibility index (Phi) is 5.74. The lowest BCUT2D eigenvalue weighted by Crippen LogP contribution is -2.35. The number of rotatable bonds is 5. The van der Waals surface area contributed by atoms with E-state index in [1.807, 2.05) is 32.0 Å². The fraction of sp³-hybridized carbons (Fsp3) is 0.409. The Hall–Kier alpha value is -2.38. The van der Waals surface area contributed by atoms with Crippen LogP contribution in [0.5, 0.6) is 5.75 Å². The van der Waals surface area contributed by atoms with Crippen molar-refractivity contribution in [1.29, 1.82) is 0 Å². The third kappa shape index (κ3) is 4.46. The summed E-state index contributed by atoms with van der Waals surface area (Å²) in [7, 11) is -3.71. The monoisotopic (exact) mass is 417 g/mol. The summed E-state index contributed by atoms with van der Waals surface area (Å²) in [4.78, 5) is 11.6. The number of nitrogens with zero attached hydrogens (tertiary/aromatic N) is 1. The second kappa shape index (κ2) is 7.80. The van der Waals surface area contributed by atoms with Gasteiger partial charge < -0.3 is 9.84 Å². The van der Waals surface area contributed by atoms with Crippen molar-refractivity contribution in [1.82, 2.24) is 4.31 Å². The Bertz CT molecular complexity index is 1030. The van der Waals surface area contributed by atoms with Crippen LogP contribution in [0.1, 0.15) is 37.5 Å². The predicted octanol–water partition coefficient (Wildman–Crippen LogP) is 3.62. The number of benzene rings is 2. The highest BCUT2D eigenvalue weighted by Gasteiger charge is 2.33. The van der Waals surface area contributed by atoms with Crippen LogP contribution in [-0.2, 0) is 27.8 Å². The summed E-state index contributed by atoms with van der Waals surface area (Å²) in [6.45, 7) is 7.59. The lowest BCUT2D eigenvalue weighted by atomic mass is 9.85. The van der Waals surface area contributed by atoms with Gasteiger partial charge in [0.1, 0.15) is 16.7 Å². The van der Waals surface area contributed by atoms with Gasteiger partial charge in [-0.2, -0.15) is 4.31 Å². The number of carbonyl (C=O) groups is 1. The lowest BCUT2D eigenvalue weighted by Gasteiger charge is -2.23. The van der Waals surface area contributed by atoms with E-state index in [1.54, 1.807) is 38.1 Å². The number of hydrogen-bond acceptors (Lipinski definition) is 4. The van der Waals surface area contributed by atoms with E-state index in [0.29, 0.717) is 12.2 Å². The summed E-state index contributed by atoms with van der Waals surface area (Å²) >= 11 is 0. The first-order valence-electron chi connectivity index (χ1n) is 9.58. The maximum Gasteiger partial charge on any atom is 0.309 e. The van der Waals surface area contributed by atoms with Crippen molar-refractivity contribution in [3.8, 4) is 5.75 Å². The summed E-state index contributed by atoms with van der Waals surface area (Å²) in [5.74, 6) is -0.492. The van der Waals surface area contributed by atoms with Crippen molar-refractivity contribution in [2.75, 3.05) is 6.54 Å². The molecular weight excluding hydrogens is 390 g/mol. The molecule has 1 atom stereocenters. The van der Waals surface area contributed by atoms with E-state index in [1.165, 1.54) is 4.31 Å². The standard InChI is InChI=1S/C22H27NO5S/c1-15-9-10-17(12-22(3,4)21(24)25)11-18(15)14-23-13-16(2)28-19-7-5-6-8-20(19)29(23,26)27/h5-11,16H,12-14H2,1-4H3,(H,24,25)/t16-/m1/s1. The molecule has 1 aliphatic rings. The number of ether oxygens (including phenoxy) is 1.